The number of hydrogen-bond donors (Lipinski definition) is 1. The van der Waals surface area contributed by atoms with Crippen LogP contribution in [0.25, 0.3) is 0 Å². The van der Waals surface area contributed by atoms with E-state index in [0.29, 0.717) is 0 Å². The van der Waals surface area contributed by atoms with Gasteiger partial charge in [0, 0.05) is 0 Å². The van der Waals surface area contributed by atoms with Crippen LogP contribution in [0.2, 0.25) is 0 Å². The Morgan fingerprint density at radius 1 is 1.50 bits per heavy atom. The van der Waals surface area contributed by atoms with Crippen molar-refractivity contribution in [2.45, 2.75) is 49.1 Å². The molecule has 0 aromatic heterocycles. The molecule has 2 nitrogen and oxygen atoms in total. The van der Waals surface area contributed by atoms with Crippen molar-refractivity contribution in [2.24, 2.45) is 0 Å². The van der Waals surface area contributed by atoms with Crippen molar-refractivity contribution in [2.75, 3.05) is 6.61 Å². The molecule has 2 radical (unpaired) electrons. The van der Waals surface area contributed by atoms with E-state index in [2.05, 4.69) is 6.92 Å². The van der Waals surface area contributed by atoms with Gasteiger partial charge in [0.25, 0.3) is 0 Å². The fourth-order valence-corrected chi connectivity index (χ4v) is 3.78. The summed E-state index contributed by atoms with van der Waals surface area (Å²) in [6.45, 7) is 3.07. The third-order valence-corrected chi connectivity index (χ3v) is 5.49. The van der Waals surface area contributed by atoms with Gasteiger partial charge in [0.2, 0.25) is 0 Å². The van der Waals surface area contributed by atoms with Gasteiger partial charge in [-0.1, -0.05) is 0 Å². The van der Waals surface area contributed by atoms with E-state index in [4.69, 9.17) is 4.74 Å². The molecule has 70 valence electrons. The Morgan fingerprint density at radius 2 is 2.33 bits per heavy atom. The second-order valence-electron chi connectivity index (χ2n) is 3.52. The van der Waals surface area contributed by atoms with Crippen molar-refractivity contribution in [3.05, 3.63) is 0 Å². The van der Waals surface area contributed by atoms with E-state index in [1.165, 1.54) is 25.7 Å². The van der Waals surface area contributed by atoms with Crippen LogP contribution in [0.15, 0.2) is 0 Å². The van der Waals surface area contributed by atoms with Crippen LogP contribution in [0.5, 0.6) is 0 Å². The predicted molar refractivity (Wildman–Crippen MR) is 50.0 cm³/mol. The summed E-state index contributed by atoms with van der Waals surface area (Å²) >= 11 is -1.25. The quantitative estimate of drug-likeness (QED) is 0.792. The minimum atomic E-state index is -1.25. The van der Waals surface area contributed by atoms with Crippen molar-refractivity contribution in [3.8, 4) is 0 Å². The molecule has 1 unspecified atom stereocenters. The van der Waals surface area contributed by atoms with Crippen molar-refractivity contribution in [1.29, 1.82) is 0 Å². The van der Waals surface area contributed by atoms with Crippen molar-refractivity contribution in [1.82, 2.24) is 0 Å². The Balaban J connectivity index is 2.37. The van der Waals surface area contributed by atoms with Crippen LogP contribution < -0.4 is 0 Å². The first kappa shape index (κ1) is 10.8. The Hall–Kier alpha value is 0.719. The molecule has 0 aromatic carbocycles. The maximum absolute atomic E-state index is 9.41. The summed E-state index contributed by atoms with van der Waals surface area (Å²) in [5.74, 6) is 0. The second-order valence-corrected chi connectivity index (χ2v) is 6.75. The van der Waals surface area contributed by atoms with Gasteiger partial charge < -0.3 is 0 Å². The molecule has 1 fully saturated rings. The molecule has 1 N–H and O–H groups in total. The Morgan fingerprint density at radius 3 is 2.83 bits per heavy atom. The molecular weight excluding hydrogens is 259 g/mol. The molecule has 0 spiro atoms. The topological polar surface area (TPSA) is 29.5 Å². The van der Waals surface area contributed by atoms with Gasteiger partial charge in [0.15, 0.2) is 0 Å². The molecule has 1 saturated heterocycles. The first-order valence-electron chi connectivity index (χ1n) is 4.88. The standard InChI is InChI=1S/C9H17O.H2O.Sn/c1-2-3-6-9-7-4-5-8-10-9;;/h2-8H2,1H3;1H2;/q;;+1/p-1. The van der Waals surface area contributed by atoms with E-state index in [1.807, 2.05) is 0 Å². The summed E-state index contributed by atoms with van der Waals surface area (Å²) in [7, 11) is 0. The van der Waals surface area contributed by atoms with Crippen LogP contribution in [-0.4, -0.2) is 35.2 Å². The van der Waals surface area contributed by atoms with Crippen LogP contribution >= 0.6 is 0 Å². The summed E-state index contributed by atoms with van der Waals surface area (Å²) < 4.78 is 15.2. The summed E-state index contributed by atoms with van der Waals surface area (Å²) in [6.07, 6.45) is 7.09. The number of ether oxygens (including phenoxy) is 1. The molecule has 1 aliphatic rings. The van der Waals surface area contributed by atoms with Crippen LogP contribution in [0.3, 0.4) is 0 Å². The van der Waals surface area contributed by atoms with Crippen molar-refractivity contribution < 1.29 is 8.18 Å². The third kappa shape index (κ3) is 2.89. The van der Waals surface area contributed by atoms with E-state index in [0.717, 1.165) is 19.4 Å². The summed E-state index contributed by atoms with van der Waals surface area (Å²) in [4.78, 5) is 0. The Bertz CT molecular complexity index is 122. The first-order chi connectivity index (χ1) is 5.83. The zero-order chi connectivity index (χ0) is 8.86. The molecule has 0 amide bonds. The third-order valence-electron chi connectivity index (χ3n) is 2.49. The fourth-order valence-electron chi connectivity index (χ4n) is 1.66. The van der Waals surface area contributed by atoms with E-state index < -0.39 is 21.6 Å². The van der Waals surface area contributed by atoms with Crippen LogP contribution in [0.4, 0.5) is 0 Å². The molecular formula is C9H18O2Sn. The van der Waals surface area contributed by atoms with E-state index in [-0.39, 0.29) is 3.62 Å². The summed E-state index contributed by atoms with van der Waals surface area (Å²) in [5.41, 5.74) is 0. The van der Waals surface area contributed by atoms with Gasteiger partial charge >= 0.3 is 85.4 Å². The van der Waals surface area contributed by atoms with Crippen LogP contribution in [0, 0.1) is 0 Å². The van der Waals surface area contributed by atoms with Gasteiger partial charge in [-0.25, -0.2) is 0 Å². The van der Waals surface area contributed by atoms with Gasteiger partial charge in [-0.15, -0.1) is 0 Å². The molecule has 0 saturated carbocycles. The second kappa shape index (κ2) is 5.45. The number of unbranched alkanes of at least 4 members (excludes halogenated alkanes) is 1. The molecule has 12 heavy (non-hydrogen) atoms. The minimum absolute atomic E-state index is 0.00236. The molecule has 0 bridgehead atoms. The van der Waals surface area contributed by atoms with Gasteiger partial charge in [0.05, 0.1) is 0 Å². The Kier molecular flexibility index (Phi) is 4.90. The van der Waals surface area contributed by atoms with E-state index >= 15 is 0 Å². The van der Waals surface area contributed by atoms with E-state index in [1.54, 1.807) is 0 Å². The predicted octanol–water partition coefficient (Wildman–Crippen LogP) is 1.68. The zero-order valence-electron chi connectivity index (χ0n) is 7.81. The zero-order valence-corrected chi connectivity index (χ0v) is 10.7. The summed E-state index contributed by atoms with van der Waals surface area (Å²) in [5, 5.41) is 0. The molecule has 1 atom stereocenters. The normalized spacial score (nSPS) is 30.5. The molecule has 0 aromatic rings. The van der Waals surface area contributed by atoms with Gasteiger partial charge in [0.1, 0.15) is 0 Å². The monoisotopic (exact) mass is 278 g/mol. The molecule has 0 aliphatic carbocycles. The maximum atomic E-state index is 9.41. The van der Waals surface area contributed by atoms with Crippen molar-refractivity contribution in [3.63, 3.8) is 0 Å². The average Bonchev–Trinajstić information content (AvgIpc) is 2.16. The number of hydrogen-bond acceptors (Lipinski definition) is 2. The molecule has 1 rings (SSSR count). The molecule has 1 heterocycles. The van der Waals surface area contributed by atoms with Gasteiger partial charge in [-0.2, -0.15) is 0 Å². The summed E-state index contributed by atoms with van der Waals surface area (Å²) in [6, 6.07) is 0. The molecule has 1 aliphatic heterocycles. The van der Waals surface area contributed by atoms with Gasteiger partial charge in [-0.05, 0) is 0 Å². The molecule has 3 heteroatoms. The number of rotatable bonds is 4. The van der Waals surface area contributed by atoms with E-state index in [9.17, 15) is 3.44 Å². The van der Waals surface area contributed by atoms with Crippen molar-refractivity contribution >= 4 is 21.6 Å². The van der Waals surface area contributed by atoms with Crippen LogP contribution in [0.1, 0.15) is 45.4 Å². The van der Waals surface area contributed by atoms with Crippen LogP contribution in [-0.2, 0) is 4.74 Å². The average molecular weight is 277 g/mol. The SMILES string of the molecule is CCCC[C]1([Sn][OH])CCCCO1. The fraction of sp³-hybridized carbons (Fsp3) is 1.00. The first-order valence-corrected chi connectivity index (χ1v) is 7.58. The Labute approximate surface area is 85.5 Å². The van der Waals surface area contributed by atoms with Gasteiger partial charge in [-0.3, -0.25) is 0 Å².